The molecule has 1 aromatic carbocycles. The highest BCUT2D eigenvalue weighted by molar-refractivity contribution is 9.10. The van der Waals surface area contributed by atoms with E-state index in [1.54, 1.807) is 4.90 Å². The maximum absolute atomic E-state index is 12.0. The maximum Gasteiger partial charge on any atom is 0.232 e. The molecule has 1 amide bonds. The summed E-state index contributed by atoms with van der Waals surface area (Å²) in [5.74, 6) is 0.803. The predicted molar refractivity (Wildman–Crippen MR) is 75.7 cm³/mol. The molecule has 0 aliphatic carbocycles. The van der Waals surface area contributed by atoms with Gasteiger partial charge < -0.3 is 4.90 Å². The van der Waals surface area contributed by atoms with Crippen molar-refractivity contribution in [3.63, 3.8) is 0 Å². The van der Waals surface area contributed by atoms with Crippen LogP contribution < -0.4 is 0 Å². The number of piperidine rings is 1. The lowest BCUT2D eigenvalue weighted by Crippen LogP contribution is -2.39. The van der Waals surface area contributed by atoms with Crippen LogP contribution in [0.4, 0.5) is 0 Å². The highest BCUT2D eigenvalue weighted by atomic mass is 79.9. The molecule has 1 heterocycles. The molecule has 2 rings (SSSR count). The zero-order valence-electron chi connectivity index (χ0n) is 9.89. The second kappa shape index (κ2) is 6.38. The van der Waals surface area contributed by atoms with Gasteiger partial charge in [0.2, 0.25) is 5.91 Å². The molecule has 1 aliphatic heterocycles. The number of benzene rings is 1. The van der Waals surface area contributed by atoms with E-state index in [0.29, 0.717) is 31.7 Å². The highest BCUT2D eigenvalue weighted by Gasteiger charge is 2.20. The van der Waals surface area contributed by atoms with Crippen LogP contribution in [0.1, 0.15) is 12.8 Å². The Morgan fingerprint density at radius 3 is 2.61 bits per heavy atom. The van der Waals surface area contributed by atoms with Crippen LogP contribution in [0.2, 0.25) is 0 Å². The van der Waals surface area contributed by atoms with Crippen LogP contribution in [0.5, 0.6) is 0 Å². The van der Waals surface area contributed by atoms with Crippen molar-refractivity contribution in [2.24, 2.45) is 0 Å². The Bertz CT molecular complexity index is 454. The fourth-order valence-electron chi connectivity index (χ4n) is 1.80. The van der Waals surface area contributed by atoms with Gasteiger partial charge in [-0.25, -0.2) is 0 Å². The second-order valence-corrected chi connectivity index (χ2v) is 6.01. The zero-order chi connectivity index (χ0) is 13.0. The summed E-state index contributed by atoms with van der Waals surface area (Å²) in [5, 5.41) is 0. The van der Waals surface area contributed by atoms with Gasteiger partial charge in [0.05, 0.1) is 5.75 Å². The van der Waals surface area contributed by atoms with Gasteiger partial charge in [0.25, 0.3) is 0 Å². The monoisotopic (exact) mass is 327 g/mol. The number of ketones is 1. The Balaban J connectivity index is 1.85. The summed E-state index contributed by atoms with van der Waals surface area (Å²) >= 11 is 4.99. The van der Waals surface area contributed by atoms with E-state index >= 15 is 0 Å². The van der Waals surface area contributed by atoms with Crippen molar-refractivity contribution < 1.29 is 9.59 Å². The molecule has 1 fully saturated rings. The van der Waals surface area contributed by atoms with Crippen LogP contribution in [0.25, 0.3) is 0 Å². The summed E-state index contributed by atoms with van der Waals surface area (Å²) in [6, 6.07) is 7.86. The van der Waals surface area contributed by atoms with Gasteiger partial charge >= 0.3 is 0 Å². The van der Waals surface area contributed by atoms with E-state index < -0.39 is 0 Å². The standard InChI is InChI=1S/C13H14BrNO2S/c14-11-3-1-2-4-12(11)18-9-13(17)15-7-5-10(16)6-8-15/h1-4H,5-9H2. The summed E-state index contributed by atoms with van der Waals surface area (Å²) in [4.78, 5) is 25.9. The first kappa shape index (κ1) is 13.6. The Hall–Kier alpha value is -0.810. The number of thioether (sulfide) groups is 1. The van der Waals surface area contributed by atoms with E-state index in [-0.39, 0.29) is 11.7 Å². The fraction of sp³-hybridized carbons (Fsp3) is 0.385. The van der Waals surface area contributed by atoms with Crippen molar-refractivity contribution in [1.82, 2.24) is 4.90 Å². The number of hydrogen-bond donors (Lipinski definition) is 0. The topological polar surface area (TPSA) is 37.4 Å². The average Bonchev–Trinajstić information content (AvgIpc) is 2.38. The second-order valence-electron chi connectivity index (χ2n) is 4.14. The molecule has 0 atom stereocenters. The van der Waals surface area contributed by atoms with E-state index in [2.05, 4.69) is 15.9 Å². The van der Waals surface area contributed by atoms with Gasteiger partial charge in [-0.05, 0) is 28.1 Å². The summed E-state index contributed by atoms with van der Waals surface area (Å²) in [6.45, 7) is 1.16. The van der Waals surface area contributed by atoms with Crippen LogP contribution in [0, 0.1) is 0 Å². The van der Waals surface area contributed by atoms with E-state index in [9.17, 15) is 9.59 Å². The Morgan fingerprint density at radius 2 is 1.94 bits per heavy atom. The normalized spacial score (nSPS) is 15.8. The molecule has 0 radical (unpaired) electrons. The minimum absolute atomic E-state index is 0.114. The molecule has 1 aromatic rings. The summed E-state index contributed by atoms with van der Waals surface area (Å²) in [7, 11) is 0. The third kappa shape index (κ3) is 3.59. The number of likely N-dealkylation sites (tertiary alicyclic amines) is 1. The minimum atomic E-state index is 0.114. The molecular formula is C13H14BrNO2S. The van der Waals surface area contributed by atoms with Crippen molar-refractivity contribution in [2.75, 3.05) is 18.8 Å². The molecule has 0 saturated carbocycles. The number of hydrogen-bond acceptors (Lipinski definition) is 3. The molecule has 0 aromatic heterocycles. The zero-order valence-corrected chi connectivity index (χ0v) is 12.3. The van der Waals surface area contributed by atoms with Gasteiger partial charge in [-0.15, -0.1) is 11.8 Å². The summed E-state index contributed by atoms with van der Waals surface area (Å²) in [6.07, 6.45) is 1.01. The summed E-state index contributed by atoms with van der Waals surface area (Å²) in [5.41, 5.74) is 0. The van der Waals surface area contributed by atoms with Crippen molar-refractivity contribution in [2.45, 2.75) is 17.7 Å². The minimum Gasteiger partial charge on any atom is -0.341 e. The number of carbonyl (C=O) groups excluding carboxylic acids is 2. The van der Waals surface area contributed by atoms with Crippen LogP contribution >= 0.6 is 27.7 Å². The van der Waals surface area contributed by atoms with E-state index in [0.717, 1.165) is 9.37 Å². The van der Waals surface area contributed by atoms with Crippen LogP contribution in [0.3, 0.4) is 0 Å². The van der Waals surface area contributed by atoms with Crippen LogP contribution in [0.15, 0.2) is 33.6 Å². The van der Waals surface area contributed by atoms with Gasteiger partial charge in [-0.2, -0.15) is 0 Å². The Kier molecular flexibility index (Phi) is 4.83. The van der Waals surface area contributed by atoms with Gasteiger partial charge in [0.15, 0.2) is 0 Å². The van der Waals surface area contributed by atoms with Crippen molar-refractivity contribution in [3.8, 4) is 0 Å². The Labute approximate surface area is 119 Å². The first-order valence-electron chi connectivity index (χ1n) is 5.83. The number of amides is 1. The number of carbonyl (C=O) groups is 2. The molecule has 0 N–H and O–H groups in total. The molecule has 1 saturated heterocycles. The van der Waals surface area contributed by atoms with Gasteiger partial charge in [-0.3, -0.25) is 9.59 Å². The van der Waals surface area contributed by atoms with Gasteiger partial charge in [0.1, 0.15) is 5.78 Å². The molecule has 96 valence electrons. The van der Waals surface area contributed by atoms with Gasteiger partial charge in [0, 0.05) is 35.3 Å². The number of Topliss-reactive ketones (excluding diaryl/α,β-unsaturated/α-hetero) is 1. The molecule has 3 nitrogen and oxygen atoms in total. The molecule has 1 aliphatic rings. The lowest BCUT2D eigenvalue weighted by Gasteiger charge is -2.25. The molecule has 0 spiro atoms. The maximum atomic E-state index is 12.0. The van der Waals surface area contributed by atoms with E-state index in [4.69, 9.17) is 0 Å². The number of rotatable bonds is 3. The summed E-state index contributed by atoms with van der Waals surface area (Å²) < 4.78 is 1.01. The molecule has 5 heteroatoms. The van der Waals surface area contributed by atoms with Crippen LogP contribution in [-0.4, -0.2) is 35.4 Å². The van der Waals surface area contributed by atoms with Crippen molar-refractivity contribution >= 4 is 39.4 Å². The first-order valence-corrected chi connectivity index (χ1v) is 7.61. The molecular weight excluding hydrogens is 314 g/mol. The lowest BCUT2D eigenvalue weighted by atomic mass is 10.1. The largest absolute Gasteiger partial charge is 0.341 e. The van der Waals surface area contributed by atoms with Crippen molar-refractivity contribution in [3.05, 3.63) is 28.7 Å². The third-order valence-electron chi connectivity index (χ3n) is 2.86. The van der Waals surface area contributed by atoms with E-state index in [1.807, 2.05) is 24.3 Å². The SMILES string of the molecule is O=C1CCN(C(=O)CSc2ccccc2Br)CC1. The fourth-order valence-corrected chi connectivity index (χ4v) is 3.27. The Morgan fingerprint density at radius 1 is 1.28 bits per heavy atom. The third-order valence-corrected chi connectivity index (χ3v) is 4.87. The quantitative estimate of drug-likeness (QED) is 0.801. The smallest absolute Gasteiger partial charge is 0.232 e. The molecule has 18 heavy (non-hydrogen) atoms. The van der Waals surface area contributed by atoms with E-state index in [1.165, 1.54) is 11.8 Å². The van der Waals surface area contributed by atoms with Gasteiger partial charge in [-0.1, -0.05) is 12.1 Å². The molecule has 0 unspecified atom stereocenters. The lowest BCUT2D eigenvalue weighted by molar-refractivity contribution is -0.132. The molecule has 0 bridgehead atoms. The first-order chi connectivity index (χ1) is 8.66. The number of halogens is 1. The number of nitrogens with zero attached hydrogens (tertiary/aromatic N) is 1. The average molecular weight is 328 g/mol. The highest BCUT2D eigenvalue weighted by Crippen LogP contribution is 2.27. The van der Waals surface area contributed by atoms with Crippen LogP contribution in [-0.2, 0) is 9.59 Å². The van der Waals surface area contributed by atoms with Crippen molar-refractivity contribution in [1.29, 1.82) is 0 Å². The predicted octanol–water partition coefficient (Wildman–Crippen LogP) is 2.73.